The lowest BCUT2D eigenvalue weighted by Crippen LogP contribution is -2.51. The van der Waals surface area contributed by atoms with Gasteiger partial charge in [-0.05, 0) is 99.9 Å². The van der Waals surface area contributed by atoms with Crippen molar-refractivity contribution in [2.45, 2.75) is 91.2 Å². The molecule has 1 amide bonds. The second-order valence-electron chi connectivity index (χ2n) is 11.8. The maximum Gasteiger partial charge on any atom is 0.328 e. The molecule has 8 heteroatoms. The summed E-state index contributed by atoms with van der Waals surface area (Å²) in [5, 5.41) is 25.0. The third-order valence-corrected chi connectivity index (χ3v) is 9.91. The first-order valence-corrected chi connectivity index (χ1v) is 13.1. The number of aliphatic hydroxyl groups excluding tert-OH is 1. The molecule has 35 heavy (non-hydrogen) atoms. The van der Waals surface area contributed by atoms with Crippen molar-refractivity contribution in [3.8, 4) is 0 Å². The third kappa shape index (κ3) is 4.66. The number of oxime groups is 1. The maximum absolute atomic E-state index is 12.3. The van der Waals surface area contributed by atoms with Gasteiger partial charge in [0.2, 0.25) is 0 Å². The summed E-state index contributed by atoms with van der Waals surface area (Å²) in [6.07, 6.45) is 9.42. The van der Waals surface area contributed by atoms with E-state index in [0.29, 0.717) is 23.5 Å². The van der Waals surface area contributed by atoms with E-state index in [1.165, 1.54) is 25.3 Å². The van der Waals surface area contributed by atoms with Crippen LogP contribution in [0.4, 0.5) is 0 Å². The fourth-order valence-corrected chi connectivity index (χ4v) is 8.09. The molecule has 4 rings (SSSR count). The van der Waals surface area contributed by atoms with Crippen molar-refractivity contribution in [1.29, 1.82) is 0 Å². The third-order valence-electron chi connectivity index (χ3n) is 9.91. The fraction of sp³-hybridized carbons (Fsp3) is 0.778. The minimum absolute atomic E-state index is 0.140. The average molecular weight is 489 g/mol. The van der Waals surface area contributed by atoms with Crippen LogP contribution in [0.15, 0.2) is 16.8 Å². The normalized spacial score (nSPS) is 38.9. The molecule has 194 valence electrons. The molecule has 3 fully saturated rings. The number of carbonyl (C=O) groups excluding carboxylic acids is 2. The molecular formula is C27H40N2O6. The number of aliphatic hydroxyl groups is 1. The van der Waals surface area contributed by atoms with Crippen molar-refractivity contribution in [2.75, 3.05) is 6.61 Å². The van der Waals surface area contributed by atoms with Crippen LogP contribution in [0.2, 0.25) is 0 Å². The zero-order valence-corrected chi connectivity index (χ0v) is 21.4. The predicted molar refractivity (Wildman–Crippen MR) is 131 cm³/mol. The molecule has 0 bridgehead atoms. The zero-order valence-electron chi connectivity index (χ0n) is 21.4. The molecule has 0 heterocycles. The Morgan fingerprint density at radius 3 is 2.54 bits per heavy atom. The number of hydrogen-bond acceptors (Lipinski definition) is 6. The van der Waals surface area contributed by atoms with E-state index in [1.54, 1.807) is 6.92 Å². The summed E-state index contributed by atoms with van der Waals surface area (Å²) in [5.74, 6) is 0.604. The Bertz CT molecular complexity index is 942. The molecule has 8 nitrogen and oxygen atoms in total. The Morgan fingerprint density at radius 2 is 1.89 bits per heavy atom. The molecule has 3 N–H and O–H groups in total. The summed E-state index contributed by atoms with van der Waals surface area (Å²) < 4.78 is 0. The molecule has 0 aromatic heterocycles. The molecule has 4 aliphatic rings. The van der Waals surface area contributed by atoms with E-state index in [-0.39, 0.29) is 16.7 Å². The number of Topliss-reactive ketones (excluding diaryl/α,β-unsaturated/α-hetero) is 1. The van der Waals surface area contributed by atoms with Gasteiger partial charge in [0, 0.05) is 5.92 Å². The summed E-state index contributed by atoms with van der Waals surface area (Å²) in [6, 6.07) is -1.38. The lowest BCUT2D eigenvalue weighted by atomic mass is 9.46. The van der Waals surface area contributed by atoms with Crippen LogP contribution in [0.25, 0.3) is 0 Å². The minimum atomic E-state index is -1.38. The smallest absolute Gasteiger partial charge is 0.328 e. The summed E-state index contributed by atoms with van der Waals surface area (Å²) in [5.41, 5.74) is 2.53. The zero-order chi connectivity index (χ0) is 25.5. The van der Waals surface area contributed by atoms with Gasteiger partial charge in [-0.3, -0.25) is 9.59 Å². The van der Waals surface area contributed by atoms with Crippen LogP contribution < -0.4 is 5.32 Å². The quantitative estimate of drug-likeness (QED) is 0.471. The highest BCUT2D eigenvalue weighted by molar-refractivity contribution is 5.96. The van der Waals surface area contributed by atoms with Crippen molar-refractivity contribution in [2.24, 2.45) is 39.7 Å². The van der Waals surface area contributed by atoms with Gasteiger partial charge < -0.3 is 20.4 Å². The number of nitrogens with one attached hydrogen (secondary N) is 1. The molecule has 4 aliphatic carbocycles. The Labute approximate surface area is 207 Å². The Balaban J connectivity index is 1.40. The topological polar surface area (TPSA) is 125 Å². The van der Waals surface area contributed by atoms with Crippen LogP contribution in [0.5, 0.6) is 0 Å². The molecule has 0 aromatic carbocycles. The average Bonchev–Trinajstić information content (AvgIpc) is 3.14. The van der Waals surface area contributed by atoms with Crippen LogP contribution in [-0.2, 0) is 19.2 Å². The molecule has 0 unspecified atom stereocenters. The molecule has 0 aromatic rings. The van der Waals surface area contributed by atoms with Gasteiger partial charge in [-0.25, -0.2) is 4.79 Å². The van der Waals surface area contributed by atoms with Crippen LogP contribution in [0, 0.1) is 34.5 Å². The van der Waals surface area contributed by atoms with Gasteiger partial charge >= 0.3 is 5.97 Å². The lowest BCUT2D eigenvalue weighted by Gasteiger charge is -2.58. The molecule has 0 spiro atoms. The number of allylic oxidation sites excluding steroid dienone is 2. The van der Waals surface area contributed by atoms with Crippen LogP contribution >= 0.6 is 0 Å². The number of aliphatic carboxylic acids is 1. The van der Waals surface area contributed by atoms with Gasteiger partial charge in [0.1, 0.15) is 5.78 Å². The van der Waals surface area contributed by atoms with Crippen molar-refractivity contribution in [3.63, 3.8) is 0 Å². The van der Waals surface area contributed by atoms with Gasteiger partial charge in [0.15, 0.2) is 12.6 Å². The monoisotopic (exact) mass is 488 g/mol. The number of hydrogen-bond donors (Lipinski definition) is 3. The number of fused-ring (bicyclic) bond motifs is 5. The van der Waals surface area contributed by atoms with Gasteiger partial charge in [0.05, 0.1) is 11.8 Å². The van der Waals surface area contributed by atoms with E-state index in [9.17, 15) is 19.5 Å². The minimum Gasteiger partial charge on any atom is -0.480 e. The number of nitrogens with zero attached hydrogens (tertiary/aromatic N) is 1. The highest BCUT2D eigenvalue weighted by Gasteiger charge is 2.59. The molecule has 3 saturated carbocycles. The Morgan fingerprint density at radius 1 is 1.14 bits per heavy atom. The molecule has 0 aliphatic heterocycles. The van der Waals surface area contributed by atoms with E-state index in [1.807, 2.05) is 0 Å². The summed E-state index contributed by atoms with van der Waals surface area (Å²) in [7, 11) is 0. The predicted octanol–water partition coefficient (Wildman–Crippen LogP) is 3.48. The molecule has 0 saturated heterocycles. The number of amides is 1. The standard InChI is InChI=1S/C27H40N2O6/c1-15(30)20-7-8-21-19-6-5-17-13-18(9-11-26(17,3)22(19)10-12-27(20,21)4)29-35-14-23(32)28-24(16(2)31)25(33)34/h13,16,19-22,24,31H,5-12,14H2,1-4H3,(H,28,32)(H,33,34)/b29-18-/t16-,19+,20-,21+,22+,24+,26+,27-/m1/s1. The van der Waals surface area contributed by atoms with Crippen molar-refractivity contribution in [1.82, 2.24) is 5.32 Å². The van der Waals surface area contributed by atoms with E-state index in [2.05, 4.69) is 30.4 Å². The number of carboxylic acid groups (broad SMARTS) is 1. The Hall–Kier alpha value is -2.22. The number of carboxylic acids is 1. The number of rotatable bonds is 7. The molecular weight excluding hydrogens is 448 g/mol. The molecule has 8 atom stereocenters. The fourth-order valence-electron chi connectivity index (χ4n) is 8.09. The maximum atomic E-state index is 12.3. The first-order valence-electron chi connectivity index (χ1n) is 13.1. The van der Waals surface area contributed by atoms with E-state index < -0.39 is 30.6 Å². The van der Waals surface area contributed by atoms with Crippen LogP contribution in [-0.4, -0.2) is 52.3 Å². The SMILES string of the molecule is CC(=O)[C@H]1CC[C@H]2[C@@H]3CCC4=C/C(=N\OCC(=O)N[C@H](C(=O)O)[C@@H](C)O)CC[C@]4(C)[C@H]3CC[C@]12C. The highest BCUT2D eigenvalue weighted by atomic mass is 16.6. The first kappa shape index (κ1) is 25.9. The molecule has 0 radical (unpaired) electrons. The van der Waals surface area contributed by atoms with Crippen molar-refractivity contribution >= 4 is 23.4 Å². The highest BCUT2D eigenvalue weighted by Crippen LogP contribution is 2.66. The second-order valence-corrected chi connectivity index (χ2v) is 11.8. The summed E-state index contributed by atoms with van der Waals surface area (Å²) in [4.78, 5) is 40.7. The van der Waals surface area contributed by atoms with Crippen molar-refractivity contribution in [3.05, 3.63) is 11.6 Å². The van der Waals surface area contributed by atoms with Crippen LogP contribution in [0.3, 0.4) is 0 Å². The largest absolute Gasteiger partial charge is 0.480 e. The number of carbonyl (C=O) groups is 3. The number of ketones is 1. The van der Waals surface area contributed by atoms with E-state index in [0.717, 1.165) is 44.2 Å². The Kier molecular flexibility index (Phi) is 7.15. The summed E-state index contributed by atoms with van der Waals surface area (Å²) in [6.45, 7) is 7.46. The lowest BCUT2D eigenvalue weighted by molar-refractivity contribution is -0.145. The van der Waals surface area contributed by atoms with E-state index >= 15 is 0 Å². The van der Waals surface area contributed by atoms with E-state index in [4.69, 9.17) is 9.94 Å². The van der Waals surface area contributed by atoms with Gasteiger partial charge in [-0.2, -0.15) is 0 Å². The van der Waals surface area contributed by atoms with Gasteiger partial charge in [0.25, 0.3) is 5.91 Å². The van der Waals surface area contributed by atoms with Crippen molar-refractivity contribution < 1.29 is 29.4 Å². The van der Waals surface area contributed by atoms with Gasteiger partial charge in [-0.1, -0.05) is 24.6 Å². The first-order chi connectivity index (χ1) is 16.5. The van der Waals surface area contributed by atoms with Crippen LogP contribution in [0.1, 0.15) is 79.1 Å². The summed E-state index contributed by atoms with van der Waals surface area (Å²) >= 11 is 0. The second kappa shape index (κ2) is 9.68. The van der Waals surface area contributed by atoms with Gasteiger partial charge in [-0.15, -0.1) is 0 Å².